The highest BCUT2D eigenvalue weighted by Gasteiger charge is 2.19. The minimum atomic E-state index is -0.405. The Hall–Kier alpha value is -2.71. The van der Waals surface area contributed by atoms with E-state index in [0.717, 1.165) is 12.8 Å². The molecule has 0 aliphatic heterocycles. The van der Waals surface area contributed by atoms with Crippen LogP contribution in [0.15, 0.2) is 66.9 Å². The van der Waals surface area contributed by atoms with Gasteiger partial charge in [0.2, 0.25) is 5.69 Å². The lowest BCUT2D eigenvalue weighted by molar-refractivity contribution is -0.659. The zero-order chi connectivity index (χ0) is 21.9. The standard InChI is InChI=1S/C29H28NS/c1-19-8-6-7-11-23(19)27-17-28-26(18-30(27)2)25-15-13-22-16-21(20-9-4-3-5-10-20)12-14-24(22)29(25)31-28/h6-8,11-18,20H,3-5,9-10H2,1-2H3/q+1/i20D. The van der Waals surface area contributed by atoms with Crippen LogP contribution in [0.1, 0.15) is 50.5 Å². The summed E-state index contributed by atoms with van der Waals surface area (Å²) in [7, 11) is 2.15. The Morgan fingerprint density at radius 1 is 0.903 bits per heavy atom. The van der Waals surface area contributed by atoms with Gasteiger partial charge in [-0.15, -0.1) is 11.3 Å². The molecule has 0 saturated heterocycles. The van der Waals surface area contributed by atoms with Gasteiger partial charge in [0.05, 0.1) is 5.39 Å². The van der Waals surface area contributed by atoms with E-state index >= 15 is 0 Å². The van der Waals surface area contributed by atoms with Crippen molar-refractivity contribution in [3.8, 4) is 11.3 Å². The summed E-state index contributed by atoms with van der Waals surface area (Å²) in [6.45, 7) is 2.18. The van der Waals surface area contributed by atoms with Gasteiger partial charge in [-0.3, -0.25) is 0 Å². The highest BCUT2D eigenvalue weighted by atomic mass is 32.1. The molecule has 1 saturated carbocycles. The van der Waals surface area contributed by atoms with E-state index in [-0.39, 0.29) is 0 Å². The minimum absolute atomic E-state index is 0.405. The maximum Gasteiger partial charge on any atom is 0.213 e. The van der Waals surface area contributed by atoms with Gasteiger partial charge in [0.15, 0.2) is 6.20 Å². The van der Waals surface area contributed by atoms with Gasteiger partial charge in [-0.1, -0.05) is 67.8 Å². The number of nitrogens with zero attached hydrogens (tertiary/aromatic N) is 1. The van der Waals surface area contributed by atoms with E-state index in [0.29, 0.717) is 0 Å². The second kappa shape index (κ2) is 7.46. The first-order valence-corrected chi connectivity index (χ1v) is 12.2. The summed E-state index contributed by atoms with van der Waals surface area (Å²) in [5.74, 6) is -0.405. The second-order valence-corrected chi connectivity index (χ2v) is 10.1. The van der Waals surface area contributed by atoms with Crippen molar-refractivity contribution in [3.05, 3.63) is 78.0 Å². The molecule has 6 rings (SSSR count). The molecule has 1 fully saturated rings. The van der Waals surface area contributed by atoms with E-state index in [2.05, 4.69) is 85.4 Å². The lowest BCUT2D eigenvalue weighted by atomic mass is 9.83. The zero-order valence-electron chi connectivity index (χ0n) is 19.2. The predicted octanol–water partition coefficient (Wildman–Crippen LogP) is 8.06. The van der Waals surface area contributed by atoms with Crippen molar-refractivity contribution >= 4 is 42.3 Å². The average molecular weight is 424 g/mol. The molecule has 0 atom stereocenters. The van der Waals surface area contributed by atoms with Crippen LogP contribution in [0, 0.1) is 6.92 Å². The smallest absolute Gasteiger partial charge is 0.200 e. The molecule has 0 bridgehead atoms. The maximum atomic E-state index is 9.03. The van der Waals surface area contributed by atoms with Crippen LogP contribution in [-0.2, 0) is 7.05 Å². The van der Waals surface area contributed by atoms with Crippen molar-refractivity contribution in [1.29, 1.82) is 0 Å². The molecule has 0 radical (unpaired) electrons. The molecule has 1 aliphatic carbocycles. The molecule has 0 unspecified atom stereocenters. The van der Waals surface area contributed by atoms with E-state index in [9.17, 15) is 0 Å². The van der Waals surface area contributed by atoms with Crippen molar-refractivity contribution in [3.63, 3.8) is 0 Å². The normalized spacial score (nSPS) is 16.8. The molecular formula is C29H28NS+. The van der Waals surface area contributed by atoms with Crippen LogP contribution < -0.4 is 4.57 Å². The molecule has 2 heteroatoms. The molecule has 1 aliphatic rings. The first kappa shape index (κ1) is 17.9. The summed E-state index contributed by atoms with van der Waals surface area (Å²) in [5.41, 5.74) is 5.03. The van der Waals surface area contributed by atoms with Gasteiger partial charge < -0.3 is 0 Å². The van der Waals surface area contributed by atoms with Crippen molar-refractivity contribution in [1.82, 2.24) is 0 Å². The van der Waals surface area contributed by atoms with Gasteiger partial charge in [0.25, 0.3) is 0 Å². The highest BCUT2D eigenvalue weighted by molar-refractivity contribution is 7.26. The topological polar surface area (TPSA) is 3.88 Å². The Morgan fingerprint density at radius 3 is 2.55 bits per heavy atom. The third-order valence-electron chi connectivity index (χ3n) is 6.99. The molecule has 3 aromatic carbocycles. The Balaban J connectivity index is 1.53. The van der Waals surface area contributed by atoms with Gasteiger partial charge in [-0.05, 0) is 53.6 Å². The number of fused-ring (bicyclic) bond motifs is 5. The molecule has 1 nitrogen and oxygen atoms in total. The van der Waals surface area contributed by atoms with Crippen molar-refractivity contribution < 1.29 is 5.94 Å². The molecular weight excluding hydrogens is 394 g/mol. The molecule has 0 amide bonds. The van der Waals surface area contributed by atoms with Gasteiger partial charge in [-0.25, -0.2) is 4.57 Å². The first-order valence-electron chi connectivity index (χ1n) is 11.9. The summed E-state index contributed by atoms with van der Waals surface area (Å²) in [5, 5.41) is 5.23. The van der Waals surface area contributed by atoms with Crippen LogP contribution in [0.25, 0.3) is 42.2 Å². The number of benzene rings is 3. The fraction of sp³-hybridized carbons (Fsp3) is 0.276. The maximum absolute atomic E-state index is 9.03. The third-order valence-corrected chi connectivity index (χ3v) is 8.20. The van der Waals surface area contributed by atoms with Crippen LogP contribution in [0.5, 0.6) is 0 Å². The number of pyridine rings is 1. The van der Waals surface area contributed by atoms with Crippen LogP contribution in [0.4, 0.5) is 0 Å². The molecule has 2 aromatic heterocycles. The lowest BCUT2D eigenvalue weighted by Gasteiger charge is -2.22. The molecule has 5 aromatic rings. The van der Waals surface area contributed by atoms with E-state index in [1.807, 2.05) is 11.3 Å². The van der Waals surface area contributed by atoms with Gasteiger partial charge in [0.1, 0.15) is 7.05 Å². The Kier molecular flexibility index (Phi) is 4.31. The fourth-order valence-electron chi connectivity index (χ4n) is 5.27. The van der Waals surface area contributed by atoms with E-state index in [1.165, 1.54) is 72.6 Å². The Morgan fingerprint density at radius 2 is 1.71 bits per heavy atom. The van der Waals surface area contributed by atoms with Crippen LogP contribution in [0.3, 0.4) is 0 Å². The number of hydrogen-bond donors (Lipinski definition) is 0. The number of aryl methyl sites for hydroxylation is 2. The summed E-state index contributed by atoms with van der Waals surface area (Å²) in [4.78, 5) is 0. The highest BCUT2D eigenvalue weighted by Crippen LogP contribution is 2.41. The van der Waals surface area contributed by atoms with Gasteiger partial charge in [-0.2, -0.15) is 0 Å². The number of rotatable bonds is 2. The van der Waals surface area contributed by atoms with Gasteiger partial charge in [0, 0.05) is 27.8 Å². The molecule has 154 valence electrons. The second-order valence-electron chi connectivity index (χ2n) is 9.01. The van der Waals surface area contributed by atoms with Crippen LogP contribution in [0.2, 0.25) is 0 Å². The number of hydrogen-bond acceptors (Lipinski definition) is 1. The summed E-state index contributed by atoms with van der Waals surface area (Å²) in [6.07, 6.45) is 7.90. The average Bonchev–Trinajstić information content (AvgIpc) is 3.17. The fourth-order valence-corrected chi connectivity index (χ4v) is 6.51. The lowest BCUT2D eigenvalue weighted by Crippen LogP contribution is -2.30. The van der Waals surface area contributed by atoms with E-state index < -0.39 is 5.89 Å². The largest absolute Gasteiger partial charge is 0.213 e. The van der Waals surface area contributed by atoms with E-state index in [1.54, 1.807) is 0 Å². The summed E-state index contributed by atoms with van der Waals surface area (Å²) >= 11 is 1.89. The summed E-state index contributed by atoms with van der Waals surface area (Å²) in [6, 6.07) is 22.3. The monoisotopic (exact) mass is 423 g/mol. The molecule has 0 spiro atoms. The van der Waals surface area contributed by atoms with Crippen molar-refractivity contribution in [2.75, 3.05) is 0 Å². The zero-order valence-corrected chi connectivity index (χ0v) is 19.1. The SMILES string of the molecule is [2H]C1(c2ccc3c(ccc4c5c[n+](C)c(-c6ccccc6C)cc5sc34)c2)CCCCC1. The Bertz CT molecular complexity index is 1490. The van der Waals surface area contributed by atoms with E-state index in [4.69, 9.17) is 1.37 Å². The Labute approximate surface area is 189 Å². The first-order chi connectivity index (χ1) is 15.5. The number of thiophene rings is 1. The van der Waals surface area contributed by atoms with Crippen molar-refractivity contribution in [2.45, 2.75) is 44.9 Å². The number of aromatic nitrogens is 1. The van der Waals surface area contributed by atoms with Crippen LogP contribution >= 0.6 is 11.3 Å². The van der Waals surface area contributed by atoms with Crippen LogP contribution in [-0.4, -0.2) is 0 Å². The molecule has 0 N–H and O–H groups in total. The molecule has 2 heterocycles. The van der Waals surface area contributed by atoms with Crippen molar-refractivity contribution in [2.24, 2.45) is 7.05 Å². The molecule has 31 heavy (non-hydrogen) atoms. The quantitative estimate of drug-likeness (QED) is 0.253. The van der Waals surface area contributed by atoms with Gasteiger partial charge >= 0.3 is 0 Å². The minimum Gasteiger partial charge on any atom is -0.200 e. The summed E-state index contributed by atoms with van der Waals surface area (Å²) < 4.78 is 14.0. The predicted molar refractivity (Wildman–Crippen MR) is 134 cm³/mol. The third kappa shape index (κ3) is 3.16.